The Morgan fingerprint density at radius 2 is 1.92 bits per heavy atom. The molecule has 5 heteroatoms. The number of hydrogen-bond acceptors (Lipinski definition) is 2. The van der Waals surface area contributed by atoms with Crippen LogP contribution in [0.15, 0.2) is 18.2 Å². The molecular formula is C7H9O4P. The fourth-order valence-electron chi connectivity index (χ4n) is 0.821. The lowest BCUT2D eigenvalue weighted by Gasteiger charge is -2.05. The summed E-state index contributed by atoms with van der Waals surface area (Å²) in [6.45, 7) is 1.58. The smallest absolute Gasteiger partial charge is 0.356 e. The molecule has 0 spiro atoms. The molecule has 0 aliphatic heterocycles. The number of aromatic hydroxyl groups is 1. The number of phenolic OH excluding ortho intramolecular Hbond substituents is 1. The highest BCUT2D eigenvalue weighted by Gasteiger charge is 2.17. The topological polar surface area (TPSA) is 77.8 Å². The van der Waals surface area contributed by atoms with Crippen LogP contribution in [0.4, 0.5) is 0 Å². The summed E-state index contributed by atoms with van der Waals surface area (Å²) in [5.74, 6) is 0.0344. The minimum absolute atomic E-state index is 0.0344. The van der Waals surface area contributed by atoms with Gasteiger partial charge in [0.2, 0.25) is 0 Å². The summed E-state index contributed by atoms with van der Waals surface area (Å²) in [7, 11) is -4.18. The lowest BCUT2D eigenvalue weighted by atomic mass is 10.2. The van der Waals surface area contributed by atoms with Crippen molar-refractivity contribution in [3.05, 3.63) is 23.8 Å². The highest BCUT2D eigenvalue weighted by molar-refractivity contribution is 7.60. The third kappa shape index (κ3) is 1.85. The maximum atomic E-state index is 10.7. The third-order valence-corrected chi connectivity index (χ3v) is 2.47. The van der Waals surface area contributed by atoms with Gasteiger partial charge in [-0.2, -0.15) is 0 Å². The van der Waals surface area contributed by atoms with Gasteiger partial charge >= 0.3 is 7.60 Å². The van der Waals surface area contributed by atoms with Crippen LogP contribution in [0.5, 0.6) is 5.75 Å². The molecule has 0 bridgehead atoms. The van der Waals surface area contributed by atoms with Crippen LogP contribution in [0.1, 0.15) is 5.56 Å². The van der Waals surface area contributed by atoms with E-state index in [4.69, 9.17) is 14.9 Å². The molecule has 0 aliphatic carbocycles. The van der Waals surface area contributed by atoms with E-state index in [9.17, 15) is 4.57 Å². The molecule has 0 heterocycles. The number of hydrogen-bond donors (Lipinski definition) is 3. The SMILES string of the molecule is Cc1cc(P(=O)(O)O)ccc1O. The first-order valence-corrected chi connectivity index (χ1v) is 4.88. The quantitative estimate of drug-likeness (QED) is 0.561. The van der Waals surface area contributed by atoms with Gasteiger partial charge < -0.3 is 14.9 Å². The second-order valence-electron chi connectivity index (χ2n) is 2.51. The van der Waals surface area contributed by atoms with Crippen LogP contribution in [0.2, 0.25) is 0 Å². The normalized spacial score (nSPS) is 11.6. The minimum atomic E-state index is -4.18. The molecule has 4 nitrogen and oxygen atoms in total. The second kappa shape index (κ2) is 2.90. The lowest BCUT2D eigenvalue weighted by Crippen LogP contribution is -2.03. The second-order valence-corrected chi connectivity index (χ2v) is 4.12. The summed E-state index contributed by atoms with van der Waals surface area (Å²) in [5.41, 5.74) is 0.454. The molecule has 0 radical (unpaired) electrons. The van der Waals surface area contributed by atoms with E-state index in [-0.39, 0.29) is 11.1 Å². The summed E-state index contributed by atoms with van der Waals surface area (Å²) in [6.07, 6.45) is 0. The van der Waals surface area contributed by atoms with Gasteiger partial charge in [-0.15, -0.1) is 0 Å². The largest absolute Gasteiger partial charge is 0.508 e. The van der Waals surface area contributed by atoms with E-state index in [0.29, 0.717) is 5.56 Å². The van der Waals surface area contributed by atoms with Gasteiger partial charge in [0.1, 0.15) is 5.75 Å². The van der Waals surface area contributed by atoms with Crippen LogP contribution >= 0.6 is 7.60 Å². The molecule has 12 heavy (non-hydrogen) atoms. The maximum absolute atomic E-state index is 10.7. The molecule has 0 aliphatic rings. The Morgan fingerprint density at radius 3 is 2.33 bits per heavy atom. The van der Waals surface area contributed by atoms with E-state index in [1.165, 1.54) is 18.2 Å². The van der Waals surface area contributed by atoms with Crippen molar-refractivity contribution in [2.75, 3.05) is 0 Å². The van der Waals surface area contributed by atoms with Crippen molar-refractivity contribution in [3.63, 3.8) is 0 Å². The fraction of sp³-hybridized carbons (Fsp3) is 0.143. The van der Waals surface area contributed by atoms with Gasteiger partial charge in [0.15, 0.2) is 0 Å². The van der Waals surface area contributed by atoms with Crippen LogP contribution in [0, 0.1) is 6.92 Å². The zero-order valence-corrected chi connectivity index (χ0v) is 7.32. The average Bonchev–Trinajstić information content (AvgIpc) is 1.92. The van der Waals surface area contributed by atoms with E-state index in [2.05, 4.69) is 0 Å². The molecular weight excluding hydrogens is 179 g/mol. The van der Waals surface area contributed by atoms with E-state index < -0.39 is 7.60 Å². The summed E-state index contributed by atoms with van der Waals surface area (Å²) in [6, 6.07) is 3.75. The lowest BCUT2D eigenvalue weighted by molar-refractivity contribution is 0.387. The summed E-state index contributed by atoms with van der Waals surface area (Å²) in [5, 5.41) is 8.98. The van der Waals surface area contributed by atoms with E-state index in [1.54, 1.807) is 6.92 Å². The molecule has 3 N–H and O–H groups in total. The van der Waals surface area contributed by atoms with Crippen molar-refractivity contribution in [1.29, 1.82) is 0 Å². The van der Waals surface area contributed by atoms with Gasteiger partial charge in [-0.3, -0.25) is 4.57 Å². The zero-order valence-electron chi connectivity index (χ0n) is 6.43. The van der Waals surface area contributed by atoms with Gasteiger partial charge in [0.25, 0.3) is 0 Å². The van der Waals surface area contributed by atoms with Gasteiger partial charge in [0.05, 0.1) is 5.30 Å². The molecule has 0 unspecified atom stereocenters. The van der Waals surface area contributed by atoms with E-state index in [0.717, 1.165) is 0 Å². The highest BCUT2D eigenvalue weighted by atomic mass is 31.2. The van der Waals surface area contributed by atoms with Gasteiger partial charge in [-0.1, -0.05) is 0 Å². The third-order valence-electron chi connectivity index (χ3n) is 1.52. The van der Waals surface area contributed by atoms with Crippen LogP contribution in [0.3, 0.4) is 0 Å². The predicted octanol–water partition coefficient (Wildman–Crippen LogP) is 0.504. The molecule has 0 saturated heterocycles. The zero-order chi connectivity index (χ0) is 9.35. The van der Waals surface area contributed by atoms with E-state index >= 15 is 0 Å². The molecule has 66 valence electrons. The van der Waals surface area contributed by atoms with Crippen LogP contribution in [-0.4, -0.2) is 14.9 Å². The Balaban J connectivity index is 3.23. The van der Waals surface area contributed by atoms with Crippen molar-refractivity contribution < 1.29 is 19.5 Å². The molecule has 1 aromatic carbocycles. The first kappa shape index (κ1) is 9.26. The van der Waals surface area contributed by atoms with Gasteiger partial charge in [0, 0.05) is 0 Å². The molecule has 0 saturated carbocycles. The first-order chi connectivity index (χ1) is 5.41. The molecule has 0 amide bonds. The van der Waals surface area contributed by atoms with Gasteiger partial charge in [-0.25, -0.2) is 0 Å². The number of phenols is 1. The van der Waals surface area contributed by atoms with Crippen molar-refractivity contribution in [1.82, 2.24) is 0 Å². The number of benzene rings is 1. The summed E-state index contributed by atoms with van der Waals surface area (Å²) < 4.78 is 10.7. The maximum Gasteiger partial charge on any atom is 0.356 e. The summed E-state index contributed by atoms with van der Waals surface area (Å²) in [4.78, 5) is 17.5. The average molecular weight is 188 g/mol. The monoisotopic (exact) mass is 188 g/mol. The highest BCUT2D eigenvalue weighted by Crippen LogP contribution is 2.34. The Hall–Kier alpha value is -0.830. The molecule has 1 rings (SSSR count). The minimum Gasteiger partial charge on any atom is -0.508 e. The Bertz CT molecular complexity index is 341. The van der Waals surface area contributed by atoms with Crippen molar-refractivity contribution in [2.24, 2.45) is 0 Å². The van der Waals surface area contributed by atoms with Gasteiger partial charge in [-0.05, 0) is 30.7 Å². The number of rotatable bonds is 1. The Kier molecular flexibility index (Phi) is 2.24. The predicted molar refractivity (Wildman–Crippen MR) is 44.5 cm³/mol. The van der Waals surface area contributed by atoms with Crippen molar-refractivity contribution >= 4 is 12.9 Å². The van der Waals surface area contributed by atoms with Crippen molar-refractivity contribution in [2.45, 2.75) is 6.92 Å². The van der Waals surface area contributed by atoms with E-state index in [1.807, 2.05) is 0 Å². The fourth-order valence-corrected chi connectivity index (χ4v) is 1.45. The summed E-state index contributed by atoms with van der Waals surface area (Å²) >= 11 is 0. The van der Waals surface area contributed by atoms with Crippen molar-refractivity contribution in [3.8, 4) is 5.75 Å². The molecule has 0 atom stereocenters. The Labute approximate surface area is 69.6 Å². The number of aryl methyl sites for hydroxylation is 1. The van der Waals surface area contributed by atoms with Crippen LogP contribution < -0.4 is 5.30 Å². The Morgan fingerprint density at radius 1 is 1.33 bits per heavy atom. The molecule has 0 fully saturated rings. The standard InChI is InChI=1S/C7H9O4P/c1-5-4-6(12(9,10)11)2-3-7(5)8/h2-4,8H,1H3,(H2,9,10,11). The first-order valence-electron chi connectivity index (χ1n) is 3.27. The molecule has 1 aromatic rings. The molecule has 0 aromatic heterocycles. The van der Waals surface area contributed by atoms with Crippen LogP contribution in [-0.2, 0) is 4.57 Å². The van der Waals surface area contributed by atoms with Crippen LogP contribution in [0.25, 0.3) is 0 Å².